The van der Waals surface area contributed by atoms with E-state index >= 15 is 0 Å². The summed E-state index contributed by atoms with van der Waals surface area (Å²) in [6.45, 7) is 3.29. The molecule has 0 aromatic heterocycles. The number of esters is 1. The third-order valence-corrected chi connectivity index (χ3v) is 8.81. The summed E-state index contributed by atoms with van der Waals surface area (Å²) in [6, 6.07) is 23.6. The number of benzene rings is 3. The molecule has 1 fully saturated rings. The first kappa shape index (κ1) is 29.1. The maximum Gasteiger partial charge on any atom is 0.303 e. The summed E-state index contributed by atoms with van der Waals surface area (Å²) in [7, 11) is -0.609. The van der Waals surface area contributed by atoms with Gasteiger partial charge in [-0.2, -0.15) is 0 Å². The van der Waals surface area contributed by atoms with E-state index in [1.807, 2.05) is 41.3 Å². The zero-order valence-electron chi connectivity index (χ0n) is 23.0. The third-order valence-electron chi connectivity index (χ3n) is 6.96. The quantitative estimate of drug-likeness (QED) is 0.347. The van der Waals surface area contributed by atoms with Gasteiger partial charge in [0.2, 0.25) is 16.1 Å². The van der Waals surface area contributed by atoms with Crippen molar-refractivity contribution in [2.75, 3.05) is 51.8 Å². The second-order valence-corrected chi connectivity index (χ2v) is 11.7. The number of hydrogen-bond donors (Lipinski definition) is 0. The van der Waals surface area contributed by atoms with Gasteiger partial charge in [-0.1, -0.05) is 60.7 Å². The van der Waals surface area contributed by atoms with Gasteiger partial charge in [0.1, 0.15) is 5.75 Å². The van der Waals surface area contributed by atoms with Crippen LogP contribution in [-0.4, -0.2) is 76.4 Å². The summed E-state index contributed by atoms with van der Waals surface area (Å²) in [5, 5.41) is 0. The van der Waals surface area contributed by atoms with Gasteiger partial charge in [0.25, 0.3) is 5.91 Å². The van der Waals surface area contributed by atoms with Crippen molar-refractivity contribution in [2.45, 2.75) is 24.3 Å². The number of likely N-dealkylation sites (N-methyl/N-ethyl adjacent to an activating group) is 1. The van der Waals surface area contributed by atoms with E-state index in [2.05, 4.69) is 0 Å². The first-order chi connectivity index (χ1) is 19.2. The van der Waals surface area contributed by atoms with Crippen LogP contribution < -0.4 is 9.64 Å². The van der Waals surface area contributed by atoms with Gasteiger partial charge < -0.3 is 19.3 Å². The normalized spacial score (nSPS) is 14.6. The number of sulfonamides is 1. The fraction of sp³-hybridized carbons (Fsp3) is 0.333. The number of piperazine rings is 1. The number of anilines is 1. The van der Waals surface area contributed by atoms with E-state index in [4.69, 9.17) is 9.47 Å². The standard InChI is InChI=1S/C30H35N3O6S/c1-23(34)39-29(25-12-8-5-9-13-25)30(35)33-20-18-32(19-21-33)27-22-26(14-15-28(27)38-3)40(36,37)31(2)17-16-24-10-6-4-7-11-24/h4-15,22,29H,16-21H2,1-3H3. The maximum atomic E-state index is 13.4. The van der Waals surface area contributed by atoms with E-state index in [1.54, 1.807) is 61.5 Å². The lowest BCUT2D eigenvalue weighted by Gasteiger charge is -2.38. The fourth-order valence-electron chi connectivity index (χ4n) is 4.70. The second-order valence-electron chi connectivity index (χ2n) is 9.61. The minimum absolute atomic E-state index is 0.177. The number of hydrogen-bond acceptors (Lipinski definition) is 7. The number of rotatable bonds is 10. The topological polar surface area (TPSA) is 96.5 Å². The van der Waals surface area contributed by atoms with Gasteiger partial charge in [-0.25, -0.2) is 12.7 Å². The molecule has 0 bridgehead atoms. The van der Waals surface area contributed by atoms with Crippen LogP contribution >= 0.6 is 0 Å². The van der Waals surface area contributed by atoms with Crippen LogP contribution in [0, 0.1) is 0 Å². The number of methoxy groups -OCH3 is 1. The van der Waals surface area contributed by atoms with Crippen molar-refractivity contribution in [1.82, 2.24) is 9.21 Å². The fourth-order valence-corrected chi connectivity index (χ4v) is 5.89. The summed E-state index contributed by atoms with van der Waals surface area (Å²) in [4.78, 5) is 28.9. The molecule has 0 N–H and O–H groups in total. The van der Waals surface area contributed by atoms with Crippen molar-refractivity contribution in [2.24, 2.45) is 0 Å². The van der Waals surface area contributed by atoms with Crippen LogP contribution in [0.25, 0.3) is 0 Å². The van der Waals surface area contributed by atoms with Crippen molar-refractivity contribution >= 4 is 27.6 Å². The molecule has 0 saturated carbocycles. The number of ether oxygens (including phenoxy) is 2. The molecule has 1 saturated heterocycles. The molecule has 9 nitrogen and oxygen atoms in total. The highest BCUT2D eigenvalue weighted by molar-refractivity contribution is 7.89. The first-order valence-corrected chi connectivity index (χ1v) is 14.6. The number of nitrogens with zero attached hydrogens (tertiary/aromatic N) is 3. The van der Waals surface area contributed by atoms with Gasteiger partial charge in [0.05, 0.1) is 17.7 Å². The molecule has 1 unspecified atom stereocenters. The Morgan fingerprint density at radius 1 is 0.925 bits per heavy atom. The Morgan fingerprint density at radius 3 is 2.15 bits per heavy atom. The summed E-state index contributed by atoms with van der Waals surface area (Å²) in [6.07, 6.45) is -0.410. The minimum atomic E-state index is -3.73. The lowest BCUT2D eigenvalue weighted by molar-refractivity contribution is -0.159. The van der Waals surface area contributed by atoms with Crippen molar-refractivity contribution in [3.63, 3.8) is 0 Å². The molecule has 0 radical (unpaired) electrons. The average molecular weight is 566 g/mol. The molecule has 3 aromatic carbocycles. The van der Waals surface area contributed by atoms with Crippen molar-refractivity contribution in [1.29, 1.82) is 0 Å². The molecule has 0 spiro atoms. The highest BCUT2D eigenvalue weighted by Gasteiger charge is 2.32. The molecule has 4 rings (SSSR count). The smallest absolute Gasteiger partial charge is 0.303 e. The zero-order valence-corrected chi connectivity index (χ0v) is 23.8. The molecule has 1 amide bonds. The molecule has 10 heteroatoms. The Bertz CT molecular complexity index is 1410. The van der Waals surface area contributed by atoms with Crippen molar-refractivity contribution < 1.29 is 27.5 Å². The average Bonchev–Trinajstić information content (AvgIpc) is 2.98. The van der Waals surface area contributed by atoms with Crippen LogP contribution in [0.5, 0.6) is 5.75 Å². The molecular formula is C30H35N3O6S. The van der Waals surface area contributed by atoms with Crippen molar-refractivity contribution in [3.8, 4) is 5.75 Å². The number of carbonyl (C=O) groups is 2. The van der Waals surface area contributed by atoms with E-state index in [1.165, 1.54) is 11.2 Å². The van der Waals surface area contributed by atoms with Gasteiger partial charge in [0.15, 0.2) is 0 Å². The lowest BCUT2D eigenvalue weighted by atomic mass is 10.1. The molecule has 1 aliphatic heterocycles. The van der Waals surface area contributed by atoms with Crippen LogP contribution in [0.2, 0.25) is 0 Å². The van der Waals surface area contributed by atoms with E-state index < -0.39 is 22.1 Å². The van der Waals surface area contributed by atoms with Crippen LogP contribution in [0.3, 0.4) is 0 Å². The Labute approximate surface area is 236 Å². The molecule has 3 aromatic rings. The number of amides is 1. The molecule has 40 heavy (non-hydrogen) atoms. The second kappa shape index (κ2) is 13.0. The predicted molar refractivity (Wildman–Crippen MR) is 153 cm³/mol. The van der Waals surface area contributed by atoms with Crippen molar-refractivity contribution in [3.05, 3.63) is 90.0 Å². The summed E-state index contributed by atoms with van der Waals surface area (Å²) >= 11 is 0. The van der Waals surface area contributed by atoms with Gasteiger partial charge in [-0.15, -0.1) is 0 Å². The number of carbonyl (C=O) groups excluding carboxylic acids is 2. The Hall–Kier alpha value is -3.89. The highest BCUT2D eigenvalue weighted by Crippen LogP contribution is 2.33. The van der Waals surface area contributed by atoms with Gasteiger partial charge in [-0.3, -0.25) is 9.59 Å². The van der Waals surface area contributed by atoms with Crippen LogP contribution in [0.1, 0.15) is 24.2 Å². The van der Waals surface area contributed by atoms with E-state index in [0.717, 1.165) is 5.56 Å². The van der Waals surface area contributed by atoms with Gasteiger partial charge >= 0.3 is 5.97 Å². The first-order valence-electron chi connectivity index (χ1n) is 13.1. The summed E-state index contributed by atoms with van der Waals surface area (Å²) < 4.78 is 39.1. The molecule has 1 heterocycles. The lowest BCUT2D eigenvalue weighted by Crippen LogP contribution is -2.50. The molecule has 1 atom stereocenters. The highest BCUT2D eigenvalue weighted by atomic mass is 32.2. The third kappa shape index (κ3) is 6.81. The zero-order chi connectivity index (χ0) is 28.7. The Morgan fingerprint density at radius 2 is 1.55 bits per heavy atom. The maximum absolute atomic E-state index is 13.4. The van der Waals surface area contributed by atoms with E-state index in [0.29, 0.717) is 56.1 Å². The van der Waals surface area contributed by atoms with E-state index in [-0.39, 0.29) is 10.8 Å². The molecule has 212 valence electrons. The monoisotopic (exact) mass is 565 g/mol. The summed E-state index contributed by atoms with van der Waals surface area (Å²) in [5.74, 6) is -0.269. The Kier molecular flexibility index (Phi) is 9.44. The summed E-state index contributed by atoms with van der Waals surface area (Å²) in [5.41, 5.74) is 2.32. The largest absolute Gasteiger partial charge is 0.495 e. The van der Waals surface area contributed by atoms with Crippen LogP contribution in [-0.2, 0) is 30.8 Å². The van der Waals surface area contributed by atoms with Crippen LogP contribution in [0.15, 0.2) is 83.8 Å². The van der Waals surface area contributed by atoms with E-state index in [9.17, 15) is 18.0 Å². The molecule has 1 aliphatic rings. The SMILES string of the molecule is COc1ccc(S(=O)(=O)N(C)CCc2ccccc2)cc1N1CCN(C(=O)C(OC(C)=O)c2ccccc2)CC1. The minimum Gasteiger partial charge on any atom is -0.495 e. The van der Waals surface area contributed by atoms with Gasteiger partial charge in [-0.05, 0) is 30.2 Å². The Balaban J connectivity index is 1.47. The molecular weight excluding hydrogens is 530 g/mol. The predicted octanol–water partition coefficient (Wildman–Crippen LogP) is 3.51. The molecule has 0 aliphatic carbocycles. The van der Waals surface area contributed by atoms with Crippen LogP contribution in [0.4, 0.5) is 5.69 Å². The van der Waals surface area contributed by atoms with Gasteiger partial charge in [0, 0.05) is 52.3 Å².